The molecule has 0 radical (unpaired) electrons. The quantitative estimate of drug-likeness (QED) is 0.462. The number of aromatic nitrogens is 2. The highest BCUT2D eigenvalue weighted by molar-refractivity contribution is 9.10. The van der Waals surface area contributed by atoms with Crippen LogP contribution in [0.3, 0.4) is 0 Å². The molecule has 2 aromatic carbocycles. The number of carbonyl (C=O) groups is 1. The van der Waals surface area contributed by atoms with Gasteiger partial charge in [0, 0.05) is 11.6 Å². The molecule has 1 fully saturated rings. The second kappa shape index (κ2) is 7.86. The molecule has 1 aromatic heterocycles. The summed E-state index contributed by atoms with van der Waals surface area (Å²) >= 11 is 3.62. The fourth-order valence-electron chi connectivity index (χ4n) is 3.61. The molecule has 164 valence electrons. The number of nitrogens with zero attached hydrogens (tertiary/aromatic N) is 2. The van der Waals surface area contributed by atoms with Crippen LogP contribution in [0.2, 0.25) is 0 Å². The summed E-state index contributed by atoms with van der Waals surface area (Å²) in [4.78, 5) is 12.2. The van der Waals surface area contributed by atoms with Gasteiger partial charge in [-0.15, -0.1) is 0 Å². The van der Waals surface area contributed by atoms with Crippen LogP contribution in [-0.4, -0.2) is 27.0 Å². The number of rotatable bonds is 5. The molecule has 31 heavy (non-hydrogen) atoms. The van der Waals surface area contributed by atoms with Gasteiger partial charge >= 0.3 is 6.09 Å². The normalized spacial score (nSPS) is 15.0. The van der Waals surface area contributed by atoms with Crippen LogP contribution in [0.15, 0.2) is 41.0 Å². The molecule has 4 rings (SSSR count). The summed E-state index contributed by atoms with van der Waals surface area (Å²) in [5.74, 6) is 1.62. The van der Waals surface area contributed by atoms with Gasteiger partial charge in [0.05, 0.1) is 22.1 Å². The molecule has 1 heterocycles. The predicted molar refractivity (Wildman–Crippen MR) is 125 cm³/mol. The number of alkyl carbamates (subject to hydrolysis) is 1. The van der Waals surface area contributed by atoms with E-state index in [0.29, 0.717) is 6.54 Å². The first-order chi connectivity index (χ1) is 14.5. The van der Waals surface area contributed by atoms with Gasteiger partial charge in [-0.3, -0.25) is 4.68 Å². The average molecular weight is 486 g/mol. The zero-order valence-electron chi connectivity index (χ0n) is 18.6. The molecule has 1 saturated carbocycles. The lowest BCUT2D eigenvalue weighted by Gasteiger charge is -2.23. The minimum atomic E-state index is -0.515. The van der Waals surface area contributed by atoms with E-state index in [1.54, 1.807) is 0 Å². The van der Waals surface area contributed by atoms with Crippen molar-refractivity contribution < 1.29 is 14.3 Å². The summed E-state index contributed by atoms with van der Waals surface area (Å²) in [5.41, 5.74) is 2.24. The van der Waals surface area contributed by atoms with Crippen molar-refractivity contribution in [2.45, 2.75) is 65.1 Å². The number of nitrogens with one attached hydrogen (secondary N) is 1. The summed E-state index contributed by atoms with van der Waals surface area (Å²) in [6.45, 7) is 10.3. The molecule has 0 spiro atoms. The fraction of sp³-hybridized carbons (Fsp3) is 0.417. The Morgan fingerprint density at radius 1 is 1.23 bits per heavy atom. The first-order valence-corrected chi connectivity index (χ1v) is 11.2. The van der Waals surface area contributed by atoms with Gasteiger partial charge in [0.15, 0.2) is 0 Å². The molecule has 1 aliphatic rings. The number of aryl methyl sites for hydroxylation is 2. The average Bonchev–Trinajstić information content (AvgIpc) is 3.26. The largest absolute Gasteiger partial charge is 0.456 e. The van der Waals surface area contributed by atoms with Crippen LogP contribution in [-0.2, 0) is 11.3 Å². The minimum Gasteiger partial charge on any atom is -0.456 e. The molecule has 1 amide bonds. The molecule has 0 saturated heterocycles. The molecule has 6 nitrogen and oxygen atoms in total. The number of hydrogen-bond donors (Lipinski definition) is 1. The lowest BCUT2D eigenvalue weighted by atomic mass is 10.1. The van der Waals surface area contributed by atoms with Gasteiger partial charge in [-0.05, 0) is 86.6 Å². The van der Waals surface area contributed by atoms with E-state index in [4.69, 9.17) is 14.6 Å². The van der Waals surface area contributed by atoms with E-state index in [2.05, 4.69) is 21.2 Å². The summed E-state index contributed by atoms with van der Waals surface area (Å²) < 4.78 is 14.4. The number of para-hydroxylation sites is 1. The van der Waals surface area contributed by atoms with E-state index in [0.717, 1.165) is 50.8 Å². The van der Waals surface area contributed by atoms with Gasteiger partial charge in [0.25, 0.3) is 0 Å². The maximum Gasteiger partial charge on any atom is 0.408 e. The van der Waals surface area contributed by atoms with Crippen molar-refractivity contribution in [1.29, 1.82) is 0 Å². The standard InChI is InChI=1S/C24H28BrN3O3/c1-15-7-6-8-16(2)21(15)30-20-11-17-13-28(27-19(17)12-18(20)25)14-24(9-10-24)26-22(29)31-23(3,4)5/h6-8,11-13H,9-10,14H2,1-5H3,(H,26,29). The second-order valence-electron chi connectivity index (χ2n) is 9.40. The molecule has 1 N–H and O–H groups in total. The Morgan fingerprint density at radius 2 is 1.90 bits per heavy atom. The van der Waals surface area contributed by atoms with E-state index < -0.39 is 5.60 Å². The van der Waals surface area contributed by atoms with Gasteiger partial charge in [-0.2, -0.15) is 5.10 Å². The third kappa shape index (κ3) is 5.03. The molecule has 0 aliphatic heterocycles. The topological polar surface area (TPSA) is 65.4 Å². The van der Waals surface area contributed by atoms with Crippen molar-refractivity contribution in [1.82, 2.24) is 15.1 Å². The monoisotopic (exact) mass is 485 g/mol. The van der Waals surface area contributed by atoms with Gasteiger partial charge in [-0.25, -0.2) is 4.79 Å². The first kappa shape index (κ1) is 21.7. The van der Waals surface area contributed by atoms with Crippen LogP contribution >= 0.6 is 15.9 Å². The van der Waals surface area contributed by atoms with E-state index in [9.17, 15) is 4.79 Å². The summed E-state index contributed by atoms with van der Waals surface area (Å²) in [6, 6.07) is 10.1. The maximum absolute atomic E-state index is 12.2. The van der Waals surface area contributed by atoms with Crippen LogP contribution in [0.4, 0.5) is 4.79 Å². The number of fused-ring (bicyclic) bond motifs is 1. The number of amides is 1. The summed E-state index contributed by atoms with van der Waals surface area (Å²) in [5, 5.41) is 8.72. The predicted octanol–water partition coefficient (Wildman–Crippen LogP) is 6.27. The van der Waals surface area contributed by atoms with Crippen LogP contribution in [0.25, 0.3) is 10.9 Å². The Balaban J connectivity index is 1.53. The number of halogens is 1. The highest BCUT2D eigenvalue weighted by atomic mass is 79.9. The van der Waals surface area contributed by atoms with Crippen LogP contribution in [0, 0.1) is 13.8 Å². The molecule has 1 aliphatic carbocycles. The van der Waals surface area contributed by atoms with Crippen molar-refractivity contribution in [3.05, 3.63) is 52.1 Å². The molecule has 7 heteroatoms. The van der Waals surface area contributed by atoms with Crippen molar-refractivity contribution >= 4 is 32.9 Å². The second-order valence-corrected chi connectivity index (χ2v) is 10.3. The summed E-state index contributed by atoms with van der Waals surface area (Å²) in [6.07, 6.45) is 3.43. The highest BCUT2D eigenvalue weighted by Crippen LogP contribution is 2.39. The molecule has 0 unspecified atom stereocenters. The van der Waals surface area contributed by atoms with Crippen molar-refractivity contribution in [2.75, 3.05) is 0 Å². The van der Waals surface area contributed by atoms with Gasteiger partial charge in [0.1, 0.15) is 17.1 Å². The summed E-state index contributed by atoms with van der Waals surface area (Å²) in [7, 11) is 0. The van der Waals surface area contributed by atoms with Crippen LogP contribution in [0.5, 0.6) is 11.5 Å². The van der Waals surface area contributed by atoms with Crippen molar-refractivity contribution in [3.63, 3.8) is 0 Å². The van der Waals surface area contributed by atoms with Crippen LogP contribution in [0.1, 0.15) is 44.7 Å². The van der Waals surface area contributed by atoms with Crippen LogP contribution < -0.4 is 10.1 Å². The first-order valence-electron chi connectivity index (χ1n) is 10.5. The van der Waals surface area contributed by atoms with E-state index in [-0.39, 0.29) is 11.6 Å². The van der Waals surface area contributed by atoms with E-state index in [1.165, 1.54) is 0 Å². The fourth-order valence-corrected chi connectivity index (χ4v) is 4.02. The number of hydrogen-bond acceptors (Lipinski definition) is 4. The van der Waals surface area contributed by atoms with Crippen molar-refractivity contribution in [3.8, 4) is 11.5 Å². The van der Waals surface area contributed by atoms with Crippen molar-refractivity contribution in [2.24, 2.45) is 0 Å². The third-order valence-corrected chi connectivity index (χ3v) is 5.93. The molecule has 0 atom stereocenters. The smallest absolute Gasteiger partial charge is 0.408 e. The molecular formula is C24H28BrN3O3. The maximum atomic E-state index is 12.2. The Hall–Kier alpha value is -2.54. The Morgan fingerprint density at radius 3 is 2.52 bits per heavy atom. The lowest BCUT2D eigenvalue weighted by Crippen LogP contribution is -2.43. The zero-order chi connectivity index (χ0) is 22.4. The zero-order valence-corrected chi connectivity index (χ0v) is 20.2. The van der Waals surface area contributed by atoms with Gasteiger partial charge in [0.2, 0.25) is 0 Å². The molecular weight excluding hydrogens is 458 g/mol. The Kier molecular flexibility index (Phi) is 5.50. The van der Waals surface area contributed by atoms with E-state index >= 15 is 0 Å². The minimum absolute atomic E-state index is 0.292. The Bertz CT molecular complexity index is 1120. The molecule has 3 aromatic rings. The van der Waals surface area contributed by atoms with Gasteiger partial charge < -0.3 is 14.8 Å². The number of ether oxygens (including phenoxy) is 2. The Labute approximate surface area is 191 Å². The van der Waals surface area contributed by atoms with E-state index in [1.807, 2.05) is 75.8 Å². The highest BCUT2D eigenvalue weighted by Gasteiger charge is 2.45. The number of benzene rings is 2. The van der Waals surface area contributed by atoms with Gasteiger partial charge in [-0.1, -0.05) is 18.2 Å². The number of carbonyl (C=O) groups excluding carboxylic acids is 1. The SMILES string of the molecule is Cc1cccc(C)c1Oc1cc2cn(CC3(NC(=O)OC(C)(C)C)CC3)nc2cc1Br. The molecule has 0 bridgehead atoms. The third-order valence-electron chi connectivity index (χ3n) is 5.31. The lowest BCUT2D eigenvalue weighted by molar-refractivity contribution is 0.0490.